The van der Waals surface area contributed by atoms with Gasteiger partial charge in [0.15, 0.2) is 0 Å². The highest BCUT2D eigenvalue weighted by atomic mass is 32.2. The molecule has 2 aromatic heterocycles. The highest BCUT2D eigenvalue weighted by molar-refractivity contribution is 7.98. The molecule has 13 heavy (non-hydrogen) atoms. The molecule has 2 rings (SSSR count). The number of hydrogen-bond acceptors (Lipinski definition) is 5. The Labute approximate surface area is 84.2 Å². The molecule has 0 radical (unpaired) electrons. The minimum absolute atomic E-state index is 0.715. The van der Waals surface area contributed by atoms with Gasteiger partial charge in [0.25, 0.3) is 5.22 Å². The van der Waals surface area contributed by atoms with Crippen molar-refractivity contribution in [3.63, 3.8) is 0 Å². The summed E-state index contributed by atoms with van der Waals surface area (Å²) in [6, 6.07) is 0. The fraction of sp³-hybridized carbons (Fsp3) is 0.250. The van der Waals surface area contributed by atoms with E-state index in [1.807, 2.05) is 12.3 Å². The number of rotatable bonds is 3. The van der Waals surface area contributed by atoms with Crippen LogP contribution in [0, 0.1) is 6.92 Å². The number of aryl methyl sites for hydroxylation is 1. The van der Waals surface area contributed by atoms with Crippen LogP contribution in [0.15, 0.2) is 27.5 Å². The molecule has 0 aliphatic heterocycles. The van der Waals surface area contributed by atoms with E-state index in [9.17, 15) is 0 Å². The van der Waals surface area contributed by atoms with E-state index in [-0.39, 0.29) is 0 Å². The molecule has 2 heterocycles. The van der Waals surface area contributed by atoms with E-state index >= 15 is 0 Å². The quantitative estimate of drug-likeness (QED) is 0.733. The zero-order chi connectivity index (χ0) is 9.10. The van der Waals surface area contributed by atoms with E-state index in [1.165, 1.54) is 0 Å². The van der Waals surface area contributed by atoms with E-state index in [0.717, 1.165) is 16.5 Å². The summed E-state index contributed by atoms with van der Waals surface area (Å²) in [5, 5.41) is 3.78. The molecule has 0 aliphatic carbocycles. The molecule has 0 bridgehead atoms. The van der Waals surface area contributed by atoms with Gasteiger partial charge in [-0.25, -0.2) is 9.97 Å². The molecule has 0 saturated carbocycles. The van der Waals surface area contributed by atoms with Crippen LogP contribution in [0.2, 0.25) is 0 Å². The predicted molar refractivity (Wildman–Crippen MR) is 52.9 cm³/mol. The third kappa shape index (κ3) is 2.32. The van der Waals surface area contributed by atoms with Crippen LogP contribution in [0.3, 0.4) is 0 Å². The van der Waals surface area contributed by atoms with Crippen LogP contribution in [0.5, 0.6) is 0 Å². The van der Waals surface area contributed by atoms with E-state index < -0.39 is 0 Å². The Morgan fingerprint density at radius 2 is 2.54 bits per heavy atom. The molecular weight excluding hydrogens is 204 g/mol. The van der Waals surface area contributed by atoms with E-state index in [0.29, 0.717) is 5.22 Å². The van der Waals surface area contributed by atoms with Crippen molar-refractivity contribution >= 4 is 23.1 Å². The molecule has 0 saturated heterocycles. The molecule has 2 aromatic rings. The van der Waals surface area contributed by atoms with Crippen molar-refractivity contribution < 1.29 is 4.42 Å². The number of oxazole rings is 1. The average molecular weight is 212 g/mol. The molecule has 0 N–H and O–H groups in total. The Balaban J connectivity index is 1.93. The molecule has 0 aromatic carbocycles. The second-order valence-corrected chi connectivity index (χ2v) is 4.38. The molecule has 5 heteroatoms. The number of thioether (sulfide) groups is 1. The van der Waals surface area contributed by atoms with Gasteiger partial charge in [0.1, 0.15) is 11.3 Å². The first-order valence-electron chi connectivity index (χ1n) is 3.78. The number of hydrogen-bond donors (Lipinski definition) is 0. The average Bonchev–Trinajstić information content (AvgIpc) is 2.71. The minimum atomic E-state index is 0.715. The summed E-state index contributed by atoms with van der Waals surface area (Å²) >= 11 is 3.22. The lowest BCUT2D eigenvalue weighted by molar-refractivity contribution is 0.454. The lowest BCUT2D eigenvalue weighted by Gasteiger charge is -1.90. The third-order valence-corrected chi connectivity index (χ3v) is 3.22. The van der Waals surface area contributed by atoms with Gasteiger partial charge in [-0.3, -0.25) is 0 Å². The molecule has 0 spiro atoms. The molecule has 3 nitrogen and oxygen atoms in total. The fourth-order valence-electron chi connectivity index (χ4n) is 0.846. The summed E-state index contributed by atoms with van der Waals surface area (Å²) in [6.07, 6.45) is 3.46. The topological polar surface area (TPSA) is 38.9 Å². The van der Waals surface area contributed by atoms with Crippen LogP contribution in [0.4, 0.5) is 0 Å². The maximum Gasteiger partial charge on any atom is 0.256 e. The van der Waals surface area contributed by atoms with Crippen molar-refractivity contribution in [1.82, 2.24) is 9.97 Å². The van der Waals surface area contributed by atoms with Gasteiger partial charge in [-0.15, -0.1) is 11.3 Å². The maximum absolute atomic E-state index is 5.19. The summed E-state index contributed by atoms with van der Waals surface area (Å²) in [5.41, 5.74) is 0.918. The van der Waals surface area contributed by atoms with Gasteiger partial charge >= 0.3 is 0 Å². The number of nitrogens with zero attached hydrogens (tertiary/aromatic N) is 2. The Morgan fingerprint density at radius 3 is 3.15 bits per heavy atom. The molecule has 0 unspecified atom stereocenters. The van der Waals surface area contributed by atoms with E-state index in [2.05, 4.69) is 9.97 Å². The highest BCUT2D eigenvalue weighted by Gasteiger charge is 2.02. The monoisotopic (exact) mass is 212 g/mol. The van der Waals surface area contributed by atoms with Crippen molar-refractivity contribution in [2.24, 2.45) is 0 Å². The number of aromatic nitrogens is 2. The van der Waals surface area contributed by atoms with Crippen molar-refractivity contribution in [1.29, 1.82) is 0 Å². The van der Waals surface area contributed by atoms with Crippen molar-refractivity contribution in [3.05, 3.63) is 28.5 Å². The molecular formula is C8H8N2OS2. The SMILES string of the molecule is Cc1coc(SCc2nccs2)n1. The van der Waals surface area contributed by atoms with Crippen molar-refractivity contribution in [2.45, 2.75) is 17.9 Å². The van der Waals surface area contributed by atoms with Gasteiger partial charge < -0.3 is 4.42 Å². The van der Waals surface area contributed by atoms with Crippen LogP contribution >= 0.6 is 23.1 Å². The predicted octanol–water partition coefficient (Wildman–Crippen LogP) is 2.73. The second-order valence-electron chi connectivity index (χ2n) is 2.47. The maximum atomic E-state index is 5.19. The van der Waals surface area contributed by atoms with Gasteiger partial charge in [0.2, 0.25) is 0 Å². The van der Waals surface area contributed by atoms with Gasteiger partial charge in [-0.05, 0) is 6.92 Å². The van der Waals surface area contributed by atoms with Crippen LogP contribution in [0.25, 0.3) is 0 Å². The summed E-state index contributed by atoms with van der Waals surface area (Å²) in [4.78, 5) is 8.35. The lowest BCUT2D eigenvalue weighted by atomic mass is 10.6. The zero-order valence-electron chi connectivity index (χ0n) is 7.06. The van der Waals surface area contributed by atoms with Crippen molar-refractivity contribution in [3.8, 4) is 0 Å². The van der Waals surface area contributed by atoms with Crippen LogP contribution in [-0.4, -0.2) is 9.97 Å². The third-order valence-electron chi connectivity index (χ3n) is 1.40. The highest BCUT2D eigenvalue weighted by Crippen LogP contribution is 2.22. The first kappa shape index (κ1) is 8.77. The summed E-state index contributed by atoms with van der Waals surface area (Å²) < 4.78 is 5.19. The van der Waals surface area contributed by atoms with Gasteiger partial charge in [-0.1, -0.05) is 11.8 Å². The van der Waals surface area contributed by atoms with E-state index in [4.69, 9.17) is 4.42 Å². The Hall–Kier alpha value is -0.810. The Bertz CT molecular complexity index is 369. The van der Waals surface area contributed by atoms with Gasteiger partial charge in [0, 0.05) is 11.6 Å². The molecule has 0 amide bonds. The van der Waals surface area contributed by atoms with Crippen LogP contribution in [0.1, 0.15) is 10.7 Å². The van der Waals surface area contributed by atoms with Crippen LogP contribution < -0.4 is 0 Å². The summed E-state index contributed by atoms with van der Waals surface area (Å²) in [7, 11) is 0. The van der Waals surface area contributed by atoms with E-state index in [1.54, 1.807) is 35.6 Å². The Kier molecular flexibility index (Phi) is 2.65. The zero-order valence-corrected chi connectivity index (χ0v) is 8.69. The molecule has 0 aliphatic rings. The second kappa shape index (κ2) is 3.93. The minimum Gasteiger partial charge on any atom is -0.440 e. The summed E-state index contributed by atoms with van der Waals surface area (Å²) in [6.45, 7) is 1.91. The lowest BCUT2D eigenvalue weighted by Crippen LogP contribution is -1.77. The smallest absolute Gasteiger partial charge is 0.256 e. The van der Waals surface area contributed by atoms with Crippen molar-refractivity contribution in [2.75, 3.05) is 0 Å². The molecule has 0 atom stereocenters. The first-order valence-corrected chi connectivity index (χ1v) is 5.64. The molecule has 0 fully saturated rings. The largest absolute Gasteiger partial charge is 0.440 e. The normalized spacial score (nSPS) is 10.5. The molecule has 68 valence electrons. The fourth-order valence-corrected chi connectivity index (χ4v) is 2.34. The Morgan fingerprint density at radius 1 is 1.62 bits per heavy atom. The van der Waals surface area contributed by atoms with Gasteiger partial charge in [-0.2, -0.15) is 0 Å². The van der Waals surface area contributed by atoms with Crippen LogP contribution in [-0.2, 0) is 5.75 Å². The first-order chi connectivity index (χ1) is 6.34. The van der Waals surface area contributed by atoms with Gasteiger partial charge in [0.05, 0.1) is 11.4 Å². The summed E-state index contributed by atoms with van der Waals surface area (Å²) in [5.74, 6) is 0.831. The standard InChI is InChI=1S/C8H8N2OS2/c1-6-4-11-8(10-6)13-5-7-9-2-3-12-7/h2-4H,5H2,1H3. The number of thiazole rings is 1.